The van der Waals surface area contributed by atoms with Crippen molar-refractivity contribution in [3.63, 3.8) is 0 Å². The van der Waals surface area contributed by atoms with Gasteiger partial charge in [-0.2, -0.15) is 10.1 Å². The lowest BCUT2D eigenvalue weighted by Gasteiger charge is -2.21. The number of aliphatic carboxylic acids is 1. The maximum absolute atomic E-state index is 12.7. The van der Waals surface area contributed by atoms with Gasteiger partial charge < -0.3 is 5.11 Å². The lowest BCUT2D eigenvalue weighted by Crippen LogP contribution is -2.40. The molecule has 2 rings (SSSR count). The van der Waals surface area contributed by atoms with Gasteiger partial charge in [-0.15, -0.1) is 0 Å². The van der Waals surface area contributed by atoms with Crippen LogP contribution in [0, 0.1) is 5.82 Å². The summed E-state index contributed by atoms with van der Waals surface area (Å²) in [5.41, 5.74) is -0.508. The lowest BCUT2D eigenvalue weighted by molar-refractivity contribution is -0.131. The molecule has 18 heavy (non-hydrogen) atoms. The normalized spacial score (nSPS) is 15.6. The zero-order valence-electron chi connectivity index (χ0n) is 8.96. The van der Waals surface area contributed by atoms with Crippen molar-refractivity contribution in [1.82, 2.24) is 0 Å². The fourth-order valence-electron chi connectivity index (χ4n) is 1.45. The molecule has 92 valence electrons. The minimum Gasteiger partial charge on any atom is -0.476 e. The second-order valence-electron chi connectivity index (χ2n) is 3.54. The van der Waals surface area contributed by atoms with Crippen LogP contribution in [0.1, 0.15) is 6.42 Å². The van der Waals surface area contributed by atoms with E-state index in [2.05, 4.69) is 5.10 Å². The largest absolute Gasteiger partial charge is 0.476 e. The number of carbonyl (C=O) groups is 3. The van der Waals surface area contributed by atoms with Crippen molar-refractivity contribution in [2.24, 2.45) is 5.10 Å². The van der Waals surface area contributed by atoms with E-state index in [0.29, 0.717) is 0 Å². The summed E-state index contributed by atoms with van der Waals surface area (Å²) in [5.74, 6) is -3.50. The third-order valence-electron chi connectivity index (χ3n) is 2.29. The molecule has 1 N–H and O–H groups in total. The molecule has 6 nitrogen and oxygen atoms in total. The summed E-state index contributed by atoms with van der Waals surface area (Å²) in [6.07, 6.45) is -0.567. The number of rotatable bonds is 2. The molecule has 1 aromatic carbocycles. The van der Waals surface area contributed by atoms with Crippen molar-refractivity contribution >= 4 is 29.1 Å². The number of ketones is 1. The minimum atomic E-state index is -1.50. The average Bonchev–Trinajstić information content (AvgIpc) is 2.30. The second kappa shape index (κ2) is 4.36. The first-order chi connectivity index (χ1) is 8.49. The third-order valence-corrected chi connectivity index (χ3v) is 2.29. The Balaban J connectivity index is 2.43. The van der Waals surface area contributed by atoms with E-state index in [1.807, 2.05) is 0 Å². The van der Waals surface area contributed by atoms with E-state index in [0.717, 1.165) is 17.1 Å². The number of carboxylic acids is 1. The zero-order chi connectivity index (χ0) is 13.3. The van der Waals surface area contributed by atoms with E-state index in [1.54, 1.807) is 0 Å². The Bertz CT molecular complexity index is 565. The van der Waals surface area contributed by atoms with Gasteiger partial charge in [-0.25, -0.2) is 9.18 Å². The molecule has 1 aliphatic rings. The highest BCUT2D eigenvalue weighted by atomic mass is 19.1. The van der Waals surface area contributed by atoms with E-state index in [-0.39, 0.29) is 5.69 Å². The topological polar surface area (TPSA) is 87.0 Å². The van der Waals surface area contributed by atoms with Crippen LogP contribution < -0.4 is 5.01 Å². The van der Waals surface area contributed by atoms with Crippen LogP contribution in [0.3, 0.4) is 0 Å². The first-order valence-electron chi connectivity index (χ1n) is 4.92. The van der Waals surface area contributed by atoms with Crippen LogP contribution in [0.5, 0.6) is 0 Å². The van der Waals surface area contributed by atoms with Crippen molar-refractivity contribution in [1.29, 1.82) is 0 Å². The van der Waals surface area contributed by atoms with Crippen LogP contribution in [0.2, 0.25) is 0 Å². The molecule has 0 atom stereocenters. The average molecular weight is 250 g/mol. The molecular formula is C11H7FN2O4. The molecule has 0 spiro atoms. The van der Waals surface area contributed by atoms with E-state index in [1.165, 1.54) is 12.1 Å². The van der Waals surface area contributed by atoms with Gasteiger partial charge in [0, 0.05) is 0 Å². The van der Waals surface area contributed by atoms with Crippen LogP contribution in [-0.2, 0) is 14.4 Å². The standard InChI is InChI=1S/C11H7FN2O4/c12-6-1-3-7(4-2-6)14-9(16)5-8(15)10(13-14)11(17)18/h1-4H,5H2,(H,17,18). The molecule has 7 heteroatoms. The van der Waals surface area contributed by atoms with Crippen molar-refractivity contribution in [2.75, 3.05) is 5.01 Å². The molecule has 0 aliphatic carbocycles. The molecule has 0 saturated carbocycles. The Morgan fingerprint density at radius 1 is 1.28 bits per heavy atom. The lowest BCUT2D eigenvalue weighted by atomic mass is 10.1. The SMILES string of the molecule is O=C(O)C1=NN(c2ccc(F)cc2)C(=O)CC1=O. The summed E-state index contributed by atoms with van der Waals surface area (Å²) in [5, 5.41) is 13.0. The number of carboxylic acid groups (broad SMARTS) is 1. The van der Waals surface area contributed by atoms with Crippen LogP contribution in [0.25, 0.3) is 0 Å². The number of halogens is 1. The highest BCUT2D eigenvalue weighted by Crippen LogP contribution is 2.19. The molecule has 0 fully saturated rings. The van der Waals surface area contributed by atoms with Crippen LogP contribution >= 0.6 is 0 Å². The van der Waals surface area contributed by atoms with Gasteiger partial charge in [-0.3, -0.25) is 9.59 Å². The fourth-order valence-corrected chi connectivity index (χ4v) is 1.45. The summed E-state index contributed by atoms with van der Waals surface area (Å²) in [4.78, 5) is 33.6. The summed E-state index contributed by atoms with van der Waals surface area (Å²) in [6, 6.07) is 4.75. The second-order valence-corrected chi connectivity index (χ2v) is 3.54. The Kier molecular flexibility index (Phi) is 2.88. The fraction of sp³-hybridized carbons (Fsp3) is 0.0909. The molecule has 1 aromatic rings. The van der Waals surface area contributed by atoms with Crippen LogP contribution in [-0.4, -0.2) is 28.5 Å². The molecule has 0 bridgehead atoms. The third kappa shape index (κ3) is 2.10. The number of anilines is 1. The van der Waals surface area contributed by atoms with Gasteiger partial charge in [-0.05, 0) is 24.3 Å². The van der Waals surface area contributed by atoms with Gasteiger partial charge in [0.1, 0.15) is 5.82 Å². The number of hydrazone groups is 1. The highest BCUT2D eigenvalue weighted by Gasteiger charge is 2.32. The first kappa shape index (κ1) is 11.9. The number of Topliss-reactive ketones (excluding diaryl/α,β-unsaturated/α-hetero) is 1. The van der Waals surface area contributed by atoms with Gasteiger partial charge in [0.2, 0.25) is 5.71 Å². The van der Waals surface area contributed by atoms with Gasteiger partial charge in [0.05, 0.1) is 12.1 Å². The molecule has 0 saturated heterocycles. The van der Waals surface area contributed by atoms with Crippen LogP contribution in [0.15, 0.2) is 29.4 Å². The molecule has 0 aromatic heterocycles. The van der Waals surface area contributed by atoms with Gasteiger partial charge in [-0.1, -0.05) is 0 Å². The number of carbonyl (C=O) groups excluding carboxylic acids is 2. The Hall–Kier alpha value is -2.57. The molecular weight excluding hydrogens is 243 g/mol. The van der Waals surface area contributed by atoms with Crippen LogP contribution in [0.4, 0.5) is 10.1 Å². The van der Waals surface area contributed by atoms with Gasteiger partial charge >= 0.3 is 5.97 Å². The number of hydrogen-bond donors (Lipinski definition) is 1. The molecule has 1 amide bonds. The number of nitrogens with zero attached hydrogens (tertiary/aromatic N) is 2. The summed E-state index contributed by atoms with van der Waals surface area (Å²) >= 11 is 0. The Labute approximate surface area is 100 Å². The molecule has 1 aliphatic heterocycles. The van der Waals surface area contributed by atoms with E-state index < -0.39 is 35.6 Å². The van der Waals surface area contributed by atoms with Crippen molar-refractivity contribution in [3.05, 3.63) is 30.1 Å². The number of benzene rings is 1. The van der Waals surface area contributed by atoms with Crippen molar-refractivity contribution in [3.8, 4) is 0 Å². The zero-order valence-corrected chi connectivity index (χ0v) is 8.96. The quantitative estimate of drug-likeness (QED) is 0.777. The Morgan fingerprint density at radius 2 is 1.89 bits per heavy atom. The first-order valence-corrected chi connectivity index (χ1v) is 4.92. The molecule has 0 radical (unpaired) electrons. The van der Waals surface area contributed by atoms with E-state index in [9.17, 15) is 18.8 Å². The Morgan fingerprint density at radius 3 is 2.44 bits per heavy atom. The summed E-state index contributed by atoms with van der Waals surface area (Å²) in [7, 11) is 0. The molecule has 1 heterocycles. The summed E-state index contributed by atoms with van der Waals surface area (Å²) in [6.45, 7) is 0. The van der Waals surface area contributed by atoms with Gasteiger partial charge in [0.25, 0.3) is 5.91 Å². The summed E-state index contributed by atoms with van der Waals surface area (Å²) < 4.78 is 12.7. The maximum atomic E-state index is 12.7. The van der Waals surface area contributed by atoms with Gasteiger partial charge in [0.15, 0.2) is 5.78 Å². The predicted octanol–water partition coefficient (Wildman–Crippen LogP) is 0.572. The number of amides is 1. The minimum absolute atomic E-state index is 0.202. The number of hydrogen-bond acceptors (Lipinski definition) is 4. The highest BCUT2D eigenvalue weighted by molar-refractivity contribution is 6.66. The van der Waals surface area contributed by atoms with E-state index >= 15 is 0 Å². The van der Waals surface area contributed by atoms with E-state index in [4.69, 9.17) is 5.11 Å². The smallest absolute Gasteiger partial charge is 0.360 e. The predicted molar refractivity (Wildman–Crippen MR) is 58.6 cm³/mol. The maximum Gasteiger partial charge on any atom is 0.360 e. The van der Waals surface area contributed by atoms with Crippen molar-refractivity contribution in [2.45, 2.75) is 6.42 Å². The monoisotopic (exact) mass is 250 g/mol. The molecule has 0 unspecified atom stereocenters. The van der Waals surface area contributed by atoms with Crippen molar-refractivity contribution < 1.29 is 23.9 Å².